The summed E-state index contributed by atoms with van der Waals surface area (Å²) in [6.45, 7) is 9.93. The minimum atomic E-state index is 0.148. The van der Waals surface area contributed by atoms with Crippen LogP contribution in [-0.4, -0.2) is 19.6 Å². The topological polar surface area (TPSA) is 35.6 Å². The van der Waals surface area contributed by atoms with E-state index >= 15 is 0 Å². The molecule has 0 saturated carbocycles. The van der Waals surface area contributed by atoms with Crippen molar-refractivity contribution in [2.24, 2.45) is 18.4 Å². The number of aromatic nitrogens is 4. The molecule has 0 N–H and O–H groups in total. The van der Waals surface area contributed by atoms with Gasteiger partial charge >= 0.3 is 0 Å². The van der Waals surface area contributed by atoms with E-state index < -0.39 is 0 Å². The minimum Gasteiger partial charge on any atom is -0.276 e. The maximum atomic E-state index is 4.49. The monoisotopic (exact) mass is 274 g/mol. The predicted molar refractivity (Wildman–Crippen MR) is 81.5 cm³/mol. The highest BCUT2D eigenvalue weighted by Gasteiger charge is 2.21. The Morgan fingerprint density at radius 3 is 2.65 bits per heavy atom. The number of rotatable bonds is 6. The Bertz CT molecular complexity index is 548. The Balaban J connectivity index is 1.98. The molecule has 0 aliphatic rings. The van der Waals surface area contributed by atoms with Crippen LogP contribution in [0, 0.1) is 11.3 Å². The van der Waals surface area contributed by atoms with E-state index in [4.69, 9.17) is 0 Å². The van der Waals surface area contributed by atoms with Crippen LogP contribution in [0.4, 0.5) is 0 Å². The molecule has 4 nitrogen and oxygen atoms in total. The van der Waals surface area contributed by atoms with Gasteiger partial charge in [0.05, 0.1) is 11.9 Å². The van der Waals surface area contributed by atoms with E-state index in [1.54, 1.807) is 0 Å². The van der Waals surface area contributed by atoms with Crippen LogP contribution in [0.3, 0.4) is 0 Å². The quantitative estimate of drug-likeness (QED) is 0.811. The number of nitrogens with zero attached hydrogens (tertiary/aromatic N) is 4. The fourth-order valence-electron chi connectivity index (χ4n) is 2.61. The van der Waals surface area contributed by atoms with Gasteiger partial charge in [0.25, 0.3) is 0 Å². The molecule has 0 amide bonds. The van der Waals surface area contributed by atoms with E-state index in [-0.39, 0.29) is 5.41 Å². The lowest BCUT2D eigenvalue weighted by molar-refractivity contribution is 0.285. The van der Waals surface area contributed by atoms with Crippen molar-refractivity contribution in [3.8, 4) is 0 Å². The van der Waals surface area contributed by atoms with Gasteiger partial charge in [0.15, 0.2) is 0 Å². The lowest BCUT2D eigenvalue weighted by Crippen LogP contribution is -2.23. The summed E-state index contributed by atoms with van der Waals surface area (Å²) in [6.07, 6.45) is 8.24. The summed E-state index contributed by atoms with van der Waals surface area (Å²) in [5.74, 6) is 0.675. The van der Waals surface area contributed by atoms with Crippen molar-refractivity contribution in [1.29, 1.82) is 0 Å². The largest absolute Gasteiger partial charge is 0.276 e. The highest BCUT2D eigenvalue weighted by atomic mass is 15.3. The smallest absolute Gasteiger partial charge is 0.0630 e. The van der Waals surface area contributed by atoms with E-state index in [9.17, 15) is 0 Å². The number of hydrogen-bond donors (Lipinski definition) is 0. The van der Waals surface area contributed by atoms with Gasteiger partial charge in [-0.3, -0.25) is 9.36 Å². The summed E-state index contributed by atoms with van der Waals surface area (Å²) in [4.78, 5) is 0. The first-order chi connectivity index (χ1) is 9.34. The fraction of sp³-hybridized carbons (Fsp3) is 0.625. The zero-order valence-electron chi connectivity index (χ0n) is 13.3. The highest BCUT2D eigenvalue weighted by Crippen LogP contribution is 2.23. The molecule has 2 heterocycles. The molecular weight excluding hydrogens is 248 g/mol. The first kappa shape index (κ1) is 14.8. The Kier molecular flexibility index (Phi) is 4.31. The van der Waals surface area contributed by atoms with Crippen molar-refractivity contribution in [1.82, 2.24) is 19.6 Å². The molecule has 0 aliphatic heterocycles. The van der Waals surface area contributed by atoms with Crippen molar-refractivity contribution >= 4 is 0 Å². The van der Waals surface area contributed by atoms with E-state index in [2.05, 4.69) is 54.8 Å². The van der Waals surface area contributed by atoms with Crippen molar-refractivity contribution in [3.63, 3.8) is 0 Å². The molecule has 0 aliphatic carbocycles. The molecular formula is C16H26N4. The zero-order valence-corrected chi connectivity index (χ0v) is 13.3. The summed E-state index contributed by atoms with van der Waals surface area (Å²) in [7, 11) is 1.96. The third kappa shape index (κ3) is 4.22. The van der Waals surface area contributed by atoms with Crippen LogP contribution in [0.25, 0.3) is 0 Å². The third-order valence-corrected chi connectivity index (χ3v) is 3.35. The first-order valence-corrected chi connectivity index (χ1v) is 7.34. The SMILES string of the molecule is CC(C)Cc1cnn(CC(C)(C)Cc2ccn(C)n2)c1. The second-order valence-electron chi connectivity index (χ2n) is 6.97. The van der Waals surface area contributed by atoms with Crippen LogP contribution >= 0.6 is 0 Å². The minimum absolute atomic E-state index is 0.148. The predicted octanol–water partition coefficient (Wildman–Crippen LogP) is 3.08. The molecule has 0 spiro atoms. The molecule has 0 radical (unpaired) electrons. The van der Waals surface area contributed by atoms with Crippen LogP contribution in [0.1, 0.15) is 39.0 Å². The van der Waals surface area contributed by atoms with Crippen LogP contribution in [0.2, 0.25) is 0 Å². The van der Waals surface area contributed by atoms with Gasteiger partial charge in [0.2, 0.25) is 0 Å². The summed E-state index contributed by atoms with van der Waals surface area (Å²) < 4.78 is 3.93. The van der Waals surface area contributed by atoms with Crippen molar-refractivity contribution < 1.29 is 0 Å². The summed E-state index contributed by atoms with van der Waals surface area (Å²) in [5.41, 5.74) is 2.62. The van der Waals surface area contributed by atoms with Crippen LogP contribution in [0.5, 0.6) is 0 Å². The Morgan fingerprint density at radius 2 is 2.05 bits per heavy atom. The lowest BCUT2D eigenvalue weighted by Gasteiger charge is -2.23. The number of hydrogen-bond acceptors (Lipinski definition) is 2. The van der Waals surface area contributed by atoms with Crippen molar-refractivity contribution in [2.75, 3.05) is 0 Å². The lowest BCUT2D eigenvalue weighted by atomic mass is 9.88. The average Bonchev–Trinajstić information content (AvgIpc) is 2.86. The van der Waals surface area contributed by atoms with Gasteiger partial charge in [0.1, 0.15) is 0 Å². The van der Waals surface area contributed by atoms with Gasteiger partial charge in [-0.2, -0.15) is 10.2 Å². The van der Waals surface area contributed by atoms with Gasteiger partial charge in [-0.25, -0.2) is 0 Å². The zero-order chi connectivity index (χ0) is 14.8. The Hall–Kier alpha value is -1.58. The van der Waals surface area contributed by atoms with Crippen LogP contribution in [0.15, 0.2) is 24.7 Å². The Labute approximate surface area is 121 Å². The molecule has 20 heavy (non-hydrogen) atoms. The molecule has 0 unspecified atom stereocenters. The molecule has 2 rings (SSSR count). The van der Waals surface area contributed by atoms with E-state index in [1.165, 1.54) is 5.56 Å². The molecule has 0 bridgehead atoms. The van der Waals surface area contributed by atoms with Gasteiger partial charge in [-0.05, 0) is 35.8 Å². The summed E-state index contributed by atoms with van der Waals surface area (Å²) >= 11 is 0. The molecule has 2 aromatic heterocycles. The van der Waals surface area contributed by atoms with Gasteiger partial charge in [-0.1, -0.05) is 27.7 Å². The van der Waals surface area contributed by atoms with E-state index in [1.807, 2.05) is 24.1 Å². The number of aryl methyl sites for hydroxylation is 1. The summed E-state index contributed by atoms with van der Waals surface area (Å²) in [6, 6.07) is 2.09. The second kappa shape index (κ2) is 5.81. The van der Waals surface area contributed by atoms with E-state index in [0.717, 1.165) is 25.1 Å². The average molecular weight is 274 g/mol. The van der Waals surface area contributed by atoms with Crippen molar-refractivity contribution in [3.05, 3.63) is 35.9 Å². The molecule has 110 valence electrons. The molecule has 4 heteroatoms. The first-order valence-electron chi connectivity index (χ1n) is 7.34. The molecule has 2 aromatic rings. The second-order valence-corrected chi connectivity index (χ2v) is 6.97. The molecule has 0 saturated heterocycles. The summed E-state index contributed by atoms with van der Waals surface area (Å²) in [5, 5.41) is 8.96. The van der Waals surface area contributed by atoms with Crippen LogP contribution in [-0.2, 0) is 26.4 Å². The van der Waals surface area contributed by atoms with Gasteiger partial charge in [0, 0.05) is 26.0 Å². The van der Waals surface area contributed by atoms with Crippen molar-refractivity contribution in [2.45, 2.75) is 47.1 Å². The maximum absolute atomic E-state index is 4.49. The third-order valence-electron chi connectivity index (χ3n) is 3.35. The fourth-order valence-corrected chi connectivity index (χ4v) is 2.61. The molecule has 0 aromatic carbocycles. The van der Waals surface area contributed by atoms with Gasteiger partial charge < -0.3 is 0 Å². The maximum Gasteiger partial charge on any atom is 0.0630 e. The molecule has 0 fully saturated rings. The van der Waals surface area contributed by atoms with Gasteiger partial charge in [-0.15, -0.1) is 0 Å². The standard InChI is InChI=1S/C16H26N4/c1-13(2)8-14-10-17-20(11-14)12-16(3,4)9-15-6-7-19(5)18-15/h6-7,10-11,13H,8-9,12H2,1-5H3. The Morgan fingerprint density at radius 1 is 1.30 bits per heavy atom. The van der Waals surface area contributed by atoms with Crippen LogP contribution < -0.4 is 0 Å². The normalized spacial score (nSPS) is 12.3. The highest BCUT2D eigenvalue weighted by molar-refractivity contribution is 5.06. The molecule has 0 atom stereocenters. The van der Waals surface area contributed by atoms with E-state index in [0.29, 0.717) is 5.92 Å².